The van der Waals surface area contributed by atoms with Crippen molar-refractivity contribution in [3.05, 3.63) is 70.9 Å². The maximum absolute atomic E-state index is 12.4. The lowest BCUT2D eigenvalue weighted by Gasteiger charge is -2.21. The van der Waals surface area contributed by atoms with Gasteiger partial charge in [-0.1, -0.05) is 55.3 Å². The Morgan fingerprint density at radius 1 is 1.19 bits per heavy atom. The van der Waals surface area contributed by atoms with Crippen molar-refractivity contribution in [2.24, 2.45) is 0 Å². The van der Waals surface area contributed by atoms with E-state index in [-0.39, 0.29) is 11.7 Å². The number of phenolic OH excluding ortho intramolecular Hbond substituents is 1. The summed E-state index contributed by atoms with van der Waals surface area (Å²) in [5.74, 6) is 0.0335. The first-order valence-corrected chi connectivity index (χ1v) is 9.09. The minimum atomic E-state index is -0.469. The Morgan fingerprint density at radius 3 is 2.69 bits per heavy atom. The van der Waals surface area contributed by atoms with Crippen molar-refractivity contribution in [2.75, 3.05) is 0 Å². The van der Waals surface area contributed by atoms with Crippen LogP contribution in [0.1, 0.15) is 43.4 Å². The second-order valence-corrected chi connectivity index (χ2v) is 6.67. The molecular weight excluding hydrogens is 348 g/mol. The molecule has 0 aliphatic heterocycles. The summed E-state index contributed by atoms with van der Waals surface area (Å²) in [6, 6.07) is 14.2. The molecule has 1 aromatic heterocycles. The third kappa shape index (κ3) is 3.97. The molecule has 0 bridgehead atoms. The highest BCUT2D eigenvalue weighted by Crippen LogP contribution is 2.34. The Kier molecular flexibility index (Phi) is 5.74. The first-order chi connectivity index (χ1) is 12.6. The van der Waals surface area contributed by atoms with Crippen LogP contribution < -0.4 is 5.32 Å². The van der Waals surface area contributed by atoms with Gasteiger partial charge in [0.1, 0.15) is 11.3 Å². The summed E-state index contributed by atoms with van der Waals surface area (Å²) in [5, 5.41) is 15.3. The van der Waals surface area contributed by atoms with E-state index in [1.807, 2.05) is 43.3 Å². The van der Waals surface area contributed by atoms with Gasteiger partial charge in [0.05, 0.1) is 6.04 Å². The van der Waals surface area contributed by atoms with Crippen LogP contribution in [0.4, 0.5) is 0 Å². The lowest BCUT2D eigenvalue weighted by molar-refractivity contribution is -0.121. The third-order valence-corrected chi connectivity index (χ3v) is 4.61. The topological polar surface area (TPSA) is 62.2 Å². The normalized spacial score (nSPS) is 12.1. The first-order valence-electron chi connectivity index (χ1n) is 8.71. The van der Waals surface area contributed by atoms with E-state index in [0.29, 0.717) is 22.5 Å². The van der Waals surface area contributed by atoms with Crippen molar-refractivity contribution in [2.45, 2.75) is 32.2 Å². The molecule has 4 nitrogen and oxygen atoms in total. The summed E-state index contributed by atoms with van der Waals surface area (Å²) in [6.07, 6.45) is 3.87. The van der Waals surface area contributed by atoms with Gasteiger partial charge >= 0.3 is 0 Å². The molecule has 1 heterocycles. The molecule has 0 unspecified atom stereocenters. The number of aromatic nitrogens is 1. The molecule has 2 N–H and O–H groups in total. The highest BCUT2D eigenvalue weighted by atomic mass is 35.5. The molecule has 0 radical (unpaired) electrons. The minimum Gasteiger partial charge on any atom is -0.505 e. The minimum absolute atomic E-state index is 0.0488. The number of nitrogens with zero attached hydrogens (tertiary/aromatic N) is 1. The van der Waals surface area contributed by atoms with Crippen LogP contribution in [0.25, 0.3) is 10.9 Å². The Labute approximate surface area is 157 Å². The number of fused-ring (bicyclic) bond motifs is 1. The molecule has 26 heavy (non-hydrogen) atoms. The van der Waals surface area contributed by atoms with Gasteiger partial charge in [-0.2, -0.15) is 0 Å². The van der Waals surface area contributed by atoms with Gasteiger partial charge in [0, 0.05) is 28.6 Å². The van der Waals surface area contributed by atoms with E-state index in [4.69, 9.17) is 11.6 Å². The fraction of sp³-hybridized carbons (Fsp3) is 0.238. The number of aromatic hydroxyl groups is 1. The van der Waals surface area contributed by atoms with Gasteiger partial charge in [-0.05, 0) is 30.2 Å². The number of nitrogens with one attached hydrogen (secondary N) is 1. The molecule has 0 aliphatic carbocycles. The number of hydrogen-bond acceptors (Lipinski definition) is 3. The van der Waals surface area contributed by atoms with Gasteiger partial charge in [0.15, 0.2) is 0 Å². The summed E-state index contributed by atoms with van der Waals surface area (Å²) >= 11 is 6.00. The number of pyridine rings is 1. The van der Waals surface area contributed by atoms with Gasteiger partial charge in [-0.25, -0.2) is 0 Å². The zero-order valence-corrected chi connectivity index (χ0v) is 15.3. The average Bonchev–Trinajstić information content (AvgIpc) is 2.66. The van der Waals surface area contributed by atoms with Gasteiger partial charge in [-0.15, -0.1) is 0 Å². The number of phenols is 1. The van der Waals surface area contributed by atoms with Gasteiger partial charge in [0.2, 0.25) is 5.91 Å². The summed E-state index contributed by atoms with van der Waals surface area (Å²) < 4.78 is 0. The summed E-state index contributed by atoms with van der Waals surface area (Å²) in [5.41, 5.74) is 1.99. The van der Waals surface area contributed by atoms with E-state index < -0.39 is 6.04 Å². The number of halogens is 1. The van der Waals surface area contributed by atoms with E-state index in [9.17, 15) is 9.90 Å². The second kappa shape index (κ2) is 8.19. The Bertz CT molecular complexity index is 910. The molecule has 0 aliphatic rings. The number of carbonyl (C=O) groups excluding carboxylic acids is 1. The van der Waals surface area contributed by atoms with Crippen LogP contribution in [0.2, 0.25) is 5.02 Å². The highest BCUT2D eigenvalue weighted by molar-refractivity contribution is 6.30. The molecule has 0 fully saturated rings. The predicted octanol–water partition coefficient (Wildman–Crippen LogP) is 4.99. The molecule has 3 rings (SSSR count). The van der Waals surface area contributed by atoms with Crippen LogP contribution >= 0.6 is 11.6 Å². The second-order valence-electron chi connectivity index (χ2n) is 6.23. The lowest BCUT2D eigenvalue weighted by Crippen LogP contribution is -2.29. The monoisotopic (exact) mass is 368 g/mol. The fourth-order valence-corrected chi connectivity index (χ4v) is 3.07. The average molecular weight is 369 g/mol. The zero-order chi connectivity index (χ0) is 18.5. The van der Waals surface area contributed by atoms with Crippen molar-refractivity contribution in [3.63, 3.8) is 0 Å². The summed E-state index contributed by atoms with van der Waals surface area (Å²) in [4.78, 5) is 16.6. The van der Waals surface area contributed by atoms with E-state index in [1.54, 1.807) is 18.3 Å². The lowest BCUT2D eigenvalue weighted by atomic mass is 9.96. The smallest absolute Gasteiger partial charge is 0.220 e. The van der Waals surface area contributed by atoms with Gasteiger partial charge in [-0.3, -0.25) is 9.78 Å². The maximum atomic E-state index is 12.4. The molecule has 0 saturated carbocycles. The van der Waals surface area contributed by atoms with E-state index >= 15 is 0 Å². The summed E-state index contributed by atoms with van der Waals surface area (Å²) in [6.45, 7) is 2.05. The molecule has 1 amide bonds. The first kappa shape index (κ1) is 18.2. The van der Waals surface area contributed by atoms with Crippen molar-refractivity contribution >= 4 is 28.4 Å². The predicted molar refractivity (Wildman–Crippen MR) is 104 cm³/mol. The van der Waals surface area contributed by atoms with Crippen molar-refractivity contribution < 1.29 is 9.90 Å². The maximum Gasteiger partial charge on any atom is 0.220 e. The Hall–Kier alpha value is -2.59. The number of carbonyl (C=O) groups is 1. The Morgan fingerprint density at radius 2 is 1.96 bits per heavy atom. The molecular formula is C21H21ClN2O2. The Balaban J connectivity index is 2.03. The van der Waals surface area contributed by atoms with Gasteiger partial charge in [0.25, 0.3) is 0 Å². The third-order valence-electron chi connectivity index (χ3n) is 4.36. The van der Waals surface area contributed by atoms with Crippen molar-refractivity contribution in [1.82, 2.24) is 10.3 Å². The van der Waals surface area contributed by atoms with E-state index in [0.717, 1.165) is 23.8 Å². The van der Waals surface area contributed by atoms with Crippen LogP contribution in [0.15, 0.2) is 54.7 Å². The van der Waals surface area contributed by atoms with Crippen LogP contribution in [-0.2, 0) is 4.79 Å². The standard InChI is InChI=1S/C21H21ClN2O2/c1-2-3-6-18(25)24-19(15-7-10-16(22)11-8-15)17-12-9-14-5-4-13-23-20(14)21(17)26/h4-5,7-13,19,26H,2-3,6H2,1H3,(H,24,25)/t19-/m1/s1. The number of unbranched alkanes of at least 4 members (excludes halogenated alkanes) is 1. The molecule has 0 saturated heterocycles. The van der Waals surface area contributed by atoms with Crippen LogP contribution in [0.3, 0.4) is 0 Å². The van der Waals surface area contributed by atoms with Crippen LogP contribution in [0, 0.1) is 0 Å². The van der Waals surface area contributed by atoms with Gasteiger partial charge < -0.3 is 10.4 Å². The number of hydrogen-bond donors (Lipinski definition) is 2. The number of amides is 1. The molecule has 0 spiro atoms. The fourth-order valence-electron chi connectivity index (χ4n) is 2.94. The van der Waals surface area contributed by atoms with Crippen LogP contribution in [0.5, 0.6) is 5.75 Å². The van der Waals surface area contributed by atoms with Crippen molar-refractivity contribution in [3.8, 4) is 5.75 Å². The zero-order valence-electron chi connectivity index (χ0n) is 14.6. The highest BCUT2D eigenvalue weighted by Gasteiger charge is 2.21. The molecule has 3 aromatic rings. The van der Waals surface area contributed by atoms with Crippen molar-refractivity contribution in [1.29, 1.82) is 0 Å². The molecule has 134 valence electrons. The van der Waals surface area contributed by atoms with Crippen LogP contribution in [-0.4, -0.2) is 16.0 Å². The quantitative estimate of drug-likeness (QED) is 0.644. The molecule has 1 atom stereocenters. The van der Waals surface area contributed by atoms with E-state index in [1.165, 1.54) is 0 Å². The SMILES string of the molecule is CCCCC(=O)N[C@H](c1ccc(Cl)cc1)c1ccc2cccnc2c1O. The molecule has 5 heteroatoms. The largest absolute Gasteiger partial charge is 0.505 e. The molecule has 2 aromatic carbocycles. The summed E-state index contributed by atoms with van der Waals surface area (Å²) in [7, 11) is 0. The number of benzene rings is 2. The number of rotatable bonds is 6. The van der Waals surface area contributed by atoms with E-state index in [2.05, 4.69) is 10.3 Å².